The van der Waals surface area contributed by atoms with E-state index in [-0.39, 0.29) is 24.4 Å². The van der Waals surface area contributed by atoms with Gasteiger partial charge in [-0.25, -0.2) is 14.4 Å². The number of allylic oxidation sites excluding steroid dienone is 1. The second kappa shape index (κ2) is 15.8. The summed E-state index contributed by atoms with van der Waals surface area (Å²) < 4.78 is 22.9. The number of carboxylic acid groups (broad SMARTS) is 1. The summed E-state index contributed by atoms with van der Waals surface area (Å²) in [6, 6.07) is 15.5. The van der Waals surface area contributed by atoms with Crippen LogP contribution in [-0.4, -0.2) is 60.9 Å². The van der Waals surface area contributed by atoms with Crippen LogP contribution in [-0.2, 0) is 16.1 Å². The van der Waals surface area contributed by atoms with Gasteiger partial charge in [-0.05, 0) is 88.9 Å². The number of benzene rings is 3. The SMILES string of the molecule is CCOc1cc([C@@H]2NC(=O)NC(C)=C2C(=O)OC)ccc1OC[C@H](O)N/N=C\c1ccc(OCc2ccc(C(=O)O)cc2)c(Br)c1. The van der Waals surface area contributed by atoms with E-state index in [2.05, 4.69) is 37.1 Å². The molecule has 13 nitrogen and oxygen atoms in total. The van der Waals surface area contributed by atoms with Crippen molar-refractivity contribution in [2.45, 2.75) is 32.7 Å². The van der Waals surface area contributed by atoms with Crippen LogP contribution in [0.15, 0.2) is 81.5 Å². The van der Waals surface area contributed by atoms with Gasteiger partial charge in [-0.3, -0.25) is 5.43 Å². The number of hydrogen-bond acceptors (Lipinski definition) is 10. The molecule has 46 heavy (non-hydrogen) atoms. The molecular formula is C32H33BrN4O9. The molecule has 5 N–H and O–H groups in total. The fourth-order valence-corrected chi connectivity index (χ4v) is 4.95. The summed E-state index contributed by atoms with van der Waals surface area (Å²) >= 11 is 3.48. The lowest BCUT2D eigenvalue weighted by molar-refractivity contribution is -0.136. The largest absolute Gasteiger partial charge is 0.490 e. The molecule has 0 aliphatic carbocycles. The van der Waals surface area contributed by atoms with Crippen molar-refractivity contribution in [1.82, 2.24) is 16.1 Å². The molecule has 3 aromatic rings. The maximum atomic E-state index is 12.4. The van der Waals surface area contributed by atoms with Crippen LogP contribution in [0.1, 0.15) is 46.9 Å². The second-order valence-electron chi connectivity index (χ2n) is 9.90. The Bertz CT molecular complexity index is 1640. The Balaban J connectivity index is 1.33. The van der Waals surface area contributed by atoms with Gasteiger partial charge < -0.3 is 39.8 Å². The average Bonchev–Trinajstić information content (AvgIpc) is 3.03. The highest BCUT2D eigenvalue weighted by atomic mass is 79.9. The number of aromatic carboxylic acids is 1. The summed E-state index contributed by atoms with van der Waals surface area (Å²) in [6.45, 7) is 3.83. The van der Waals surface area contributed by atoms with E-state index in [0.717, 1.165) is 11.1 Å². The maximum Gasteiger partial charge on any atom is 0.337 e. The van der Waals surface area contributed by atoms with E-state index in [1.165, 1.54) is 25.5 Å². The molecule has 1 aliphatic heterocycles. The molecule has 2 amide bonds. The standard InChI is InChI=1S/C32H33BrN4O9/c1-4-44-26-14-22(29-28(31(41)43-3)18(2)35-32(42)36-29)10-12-25(26)46-17-27(38)37-34-15-20-7-11-24(23(33)13-20)45-16-19-5-8-21(9-6-19)30(39)40/h5-15,27,29,37-38H,4,16-17H2,1-3H3,(H,39,40)(H2,35,36,42)/b34-15-/t27-,29-/m0/s1. The van der Waals surface area contributed by atoms with Crippen molar-refractivity contribution in [3.8, 4) is 17.2 Å². The molecular weight excluding hydrogens is 664 g/mol. The molecule has 3 aromatic carbocycles. The van der Waals surface area contributed by atoms with Crippen LogP contribution in [0.3, 0.4) is 0 Å². The fourth-order valence-electron chi connectivity index (χ4n) is 4.44. The Morgan fingerprint density at radius 2 is 1.78 bits per heavy atom. The van der Waals surface area contributed by atoms with Crippen molar-refractivity contribution in [1.29, 1.82) is 0 Å². The molecule has 0 bridgehead atoms. The smallest absolute Gasteiger partial charge is 0.337 e. The predicted octanol–water partition coefficient (Wildman–Crippen LogP) is 4.25. The minimum Gasteiger partial charge on any atom is -0.490 e. The molecule has 0 saturated carbocycles. The van der Waals surface area contributed by atoms with Crippen LogP contribution in [0.25, 0.3) is 0 Å². The van der Waals surface area contributed by atoms with Crippen LogP contribution in [0, 0.1) is 0 Å². The van der Waals surface area contributed by atoms with E-state index in [4.69, 9.17) is 24.1 Å². The number of nitrogens with zero attached hydrogens (tertiary/aromatic N) is 1. The van der Waals surface area contributed by atoms with Crippen LogP contribution in [0.5, 0.6) is 17.2 Å². The summed E-state index contributed by atoms with van der Waals surface area (Å²) in [6.07, 6.45) is 0.356. The molecule has 0 fully saturated rings. The number of halogens is 1. The zero-order chi connectivity index (χ0) is 33.2. The van der Waals surface area contributed by atoms with E-state index in [9.17, 15) is 19.5 Å². The summed E-state index contributed by atoms with van der Waals surface area (Å²) in [5, 5.41) is 28.8. The average molecular weight is 698 g/mol. The molecule has 1 aliphatic rings. The Morgan fingerprint density at radius 1 is 1.04 bits per heavy atom. The third-order valence-corrected chi connectivity index (χ3v) is 7.28. The molecule has 0 saturated heterocycles. The Kier molecular flexibility index (Phi) is 11.6. The van der Waals surface area contributed by atoms with Gasteiger partial charge in [0.1, 0.15) is 19.0 Å². The Hall–Kier alpha value is -5.08. The first-order valence-electron chi connectivity index (χ1n) is 14.1. The van der Waals surface area contributed by atoms with Gasteiger partial charge in [0, 0.05) is 5.70 Å². The summed E-state index contributed by atoms with van der Waals surface area (Å²) in [5.74, 6) is -0.281. The number of hydrogen-bond donors (Lipinski definition) is 5. The Morgan fingerprint density at radius 3 is 2.46 bits per heavy atom. The second-order valence-corrected chi connectivity index (χ2v) is 10.7. The fraction of sp³-hybridized carbons (Fsp3) is 0.250. The van der Waals surface area contributed by atoms with Crippen molar-refractivity contribution in [3.63, 3.8) is 0 Å². The molecule has 14 heteroatoms. The lowest BCUT2D eigenvalue weighted by Crippen LogP contribution is -2.45. The van der Waals surface area contributed by atoms with Gasteiger partial charge in [0.25, 0.3) is 0 Å². The zero-order valence-corrected chi connectivity index (χ0v) is 26.8. The van der Waals surface area contributed by atoms with E-state index in [1.807, 2.05) is 0 Å². The molecule has 0 radical (unpaired) electrons. The third-order valence-electron chi connectivity index (χ3n) is 6.66. The number of methoxy groups -OCH3 is 1. The molecule has 0 spiro atoms. The van der Waals surface area contributed by atoms with Gasteiger partial charge >= 0.3 is 18.0 Å². The van der Waals surface area contributed by atoms with Crippen LogP contribution < -0.4 is 30.3 Å². The lowest BCUT2D eigenvalue weighted by Gasteiger charge is -2.28. The number of rotatable bonds is 14. The van der Waals surface area contributed by atoms with E-state index < -0.39 is 30.2 Å². The molecule has 2 atom stereocenters. The number of hydrazone groups is 1. The van der Waals surface area contributed by atoms with Crippen molar-refractivity contribution in [3.05, 3.63) is 98.7 Å². The van der Waals surface area contributed by atoms with Crippen LogP contribution in [0.2, 0.25) is 0 Å². The van der Waals surface area contributed by atoms with E-state index in [1.54, 1.807) is 62.4 Å². The highest BCUT2D eigenvalue weighted by Crippen LogP contribution is 2.35. The summed E-state index contributed by atoms with van der Waals surface area (Å²) in [5.41, 5.74) is 5.57. The number of carbonyl (C=O) groups is 3. The highest BCUT2D eigenvalue weighted by Gasteiger charge is 2.32. The molecule has 1 heterocycles. The van der Waals surface area contributed by atoms with Crippen molar-refractivity contribution in [2.75, 3.05) is 20.3 Å². The molecule has 0 aromatic heterocycles. The van der Waals surface area contributed by atoms with Crippen LogP contribution >= 0.6 is 15.9 Å². The van der Waals surface area contributed by atoms with E-state index in [0.29, 0.717) is 39.6 Å². The lowest BCUT2D eigenvalue weighted by atomic mass is 9.95. The van der Waals surface area contributed by atoms with Gasteiger partial charge in [-0.1, -0.05) is 18.2 Å². The monoisotopic (exact) mass is 696 g/mol. The molecule has 242 valence electrons. The number of carbonyl (C=O) groups excluding carboxylic acids is 2. The quantitative estimate of drug-likeness (QED) is 0.0709. The Labute approximate surface area is 273 Å². The molecule has 0 unspecified atom stereocenters. The number of carboxylic acids is 1. The highest BCUT2D eigenvalue weighted by molar-refractivity contribution is 9.10. The third kappa shape index (κ3) is 8.76. The zero-order valence-electron chi connectivity index (χ0n) is 25.2. The first-order chi connectivity index (χ1) is 22.1. The minimum absolute atomic E-state index is 0.169. The van der Waals surface area contributed by atoms with Gasteiger partial charge in [-0.2, -0.15) is 5.10 Å². The number of amides is 2. The van der Waals surface area contributed by atoms with Gasteiger partial charge in [-0.15, -0.1) is 0 Å². The summed E-state index contributed by atoms with van der Waals surface area (Å²) in [4.78, 5) is 35.6. The first kappa shape index (κ1) is 33.8. The molecule has 4 rings (SSSR count). The number of nitrogens with one attached hydrogen (secondary N) is 3. The van der Waals surface area contributed by atoms with E-state index >= 15 is 0 Å². The number of aliphatic hydroxyl groups excluding tert-OH is 1. The van der Waals surface area contributed by atoms with Crippen molar-refractivity contribution < 1.29 is 43.5 Å². The van der Waals surface area contributed by atoms with Crippen molar-refractivity contribution in [2.24, 2.45) is 5.10 Å². The topological polar surface area (TPSA) is 177 Å². The van der Waals surface area contributed by atoms with Gasteiger partial charge in [0.05, 0.1) is 41.6 Å². The van der Waals surface area contributed by atoms with Crippen molar-refractivity contribution >= 4 is 40.1 Å². The maximum absolute atomic E-state index is 12.4. The number of urea groups is 1. The normalized spacial score (nSPS) is 15.1. The number of esters is 1. The number of ether oxygens (including phenoxy) is 4. The van der Waals surface area contributed by atoms with Gasteiger partial charge in [0.2, 0.25) is 0 Å². The summed E-state index contributed by atoms with van der Waals surface area (Å²) in [7, 11) is 1.27. The minimum atomic E-state index is -1.16. The predicted molar refractivity (Wildman–Crippen MR) is 171 cm³/mol. The number of aliphatic hydroxyl groups is 1. The first-order valence-corrected chi connectivity index (χ1v) is 14.9. The van der Waals surface area contributed by atoms with Crippen LogP contribution in [0.4, 0.5) is 4.79 Å². The van der Waals surface area contributed by atoms with Gasteiger partial charge in [0.15, 0.2) is 17.7 Å².